The van der Waals surface area contributed by atoms with Crippen LogP contribution in [0.2, 0.25) is 0 Å². The van der Waals surface area contributed by atoms with E-state index in [9.17, 15) is 4.79 Å². The van der Waals surface area contributed by atoms with Crippen LogP contribution in [0.15, 0.2) is 53.7 Å². The molecule has 5 nitrogen and oxygen atoms in total. The molecule has 138 valence electrons. The number of benzene rings is 1. The Hall–Kier alpha value is -3.15. The summed E-state index contributed by atoms with van der Waals surface area (Å²) < 4.78 is 20.5. The lowest BCUT2D eigenvalue weighted by molar-refractivity contribution is 0.413. The SMILES string of the molecule is COc1cc(N2CCc3cc(=O)[nH]cc3C2C)cc(F)c1-c1ccncc1. The Labute approximate surface area is 156 Å². The number of halogens is 1. The topological polar surface area (TPSA) is 58.2 Å². The Bertz CT molecular complexity index is 1030. The van der Waals surface area contributed by atoms with Crippen molar-refractivity contribution in [3.63, 3.8) is 0 Å². The third-order valence-corrected chi connectivity index (χ3v) is 5.15. The summed E-state index contributed by atoms with van der Waals surface area (Å²) in [5, 5.41) is 0. The first kappa shape index (κ1) is 17.3. The van der Waals surface area contributed by atoms with E-state index in [0.717, 1.165) is 28.8 Å². The molecule has 2 aromatic heterocycles. The maximum absolute atomic E-state index is 15.0. The lowest BCUT2D eigenvalue weighted by atomic mass is 9.94. The highest BCUT2D eigenvalue weighted by atomic mass is 19.1. The first-order chi connectivity index (χ1) is 13.1. The van der Waals surface area contributed by atoms with E-state index in [4.69, 9.17) is 4.74 Å². The number of fused-ring (bicyclic) bond motifs is 1. The highest BCUT2D eigenvalue weighted by molar-refractivity contribution is 5.74. The van der Waals surface area contributed by atoms with E-state index in [1.807, 2.05) is 6.07 Å². The van der Waals surface area contributed by atoms with E-state index in [-0.39, 0.29) is 17.4 Å². The molecule has 0 bridgehead atoms. The lowest BCUT2D eigenvalue weighted by Crippen LogP contribution is -2.35. The number of aromatic amines is 1. The van der Waals surface area contributed by atoms with Crippen LogP contribution in [0.5, 0.6) is 5.75 Å². The van der Waals surface area contributed by atoms with Crippen LogP contribution >= 0.6 is 0 Å². The zero-order valence-corrected chi connectivity index (χ0v) is 15.2. The molecule has 6 heteroatoms. The van der Waals surface area contributed by atoms with Gasteiger partial charge >= 0.3 is 0 Å². The van der Waals surface area contributed by atoms with Crippen LogP contribution in [0.4, 0.5) is 10.1 Å². The molecule has 1 atom stereocenters. The van der Waals surface area contributed by atoms with Crippen LogP contribution in [0, 0.1) is 5.82 Å². The predicted molar refractivity (Wildman–Crippen MR) is 103 cm³/mol. The van der Waals surface area contributed by atoms with E-state index < -0.39 is 0 Å². The fraction of sp³-hybridized carbons (Fsp3) is 0.238. The van der Waals surface area contributed by atoms with Crippen LogP contribution in [0.3, 0.4) is 0 Å². The molecular formula is C21H20FN3O2. The van der Waals surface area contributed by atoms with Gasteiger partial charge in [-0.25, -0.2) is 4.39 Å². The molecule has 0 spiro atoms. The number of hydrogen-bond acceptors (Lipinski definition) is 4. The maximum Gasteiger partial charge on any atom is 0.248 e. The van der Waals surface area contributed by atoms with Gasteiger partial charge in [0.1, 0.15) is 11.6 Å². The molecule has 0 amide bonds. The Balaban J connectivity index is 1.76. The van der Waals surface area contributed by atoms with Gasteiger partial charge in [0.25, 0.3) is 0 Å². The number of aromatic nitrogens is 2. The van der Waals surface area contributed by atoms with Gasteiger partial charge in [-0.05, 0) is 48.2 Å². The van der Waals surface area contributed by atoms with Gasteiger partial charge in [0.05, 0.1) is 18.7 Å². The number of hydrogen-bond donors (Lipinski definition) is 1. The van der Waals surface area contributed by atoms with Crippen LogP contribution in [0.25, 0.3) is 11.1 Å². The molecule has 0 aliphatic carbocycles. The van der Waals surface area contributed by atoms with Gasteiger partial charge in [-0.2, -0.15) is 0 Å². The van der Waals surface area contributed by atoms with Crippen molar-refractivity contribution in [1.29, 1.82) is 0 Å². The maximum atomic E-state index is 15.0. The summed E-state index contributed by atoms with van der Waals surface area (Å²) in [5.41, 5.74) is 3.91. The number of nitrogens with one attached hydrogen (secondary N) is 1. The van der Waals surface area contributed by atoms with Crippen molar-refractivity contribution in [3.8, 4) is 16.9 Å². The van der Waals surface area contributed by atoms with Crippen LogP contribution in [0.1, 0.15) is 24.1 Å². The molecule has 0 radical (unpaired) electrons. The van der Waals surface area contributed by atoms with E-state index in [1.165, 1.54) is 0 Å². The van der Waals surface area contributed by atoms with Crippen molar-refractivity contribution < 1.29 is 9.13 Å². The predicted octanol–water partition coefficient (Wildman–Crippen LogP) is 3.71. The first-order valence-electron chi connectivity index (χ1n) is 8.84. The molecule has 0 fully saturated rings. The molecule has 4 rings (SSSR count). The molecule has 3 aromatic rings. The number of pyridine rings is 2. The van der Waals surface area contributed by atoms with Gasteiger partial charge in [0, 0.05) is 43.0 Å². The lowest BCUT2D eigenvalue weighted by Gasteiger charge is -2.37. The first-order valence-corrected chi connectivity index (χ1v) is 8.84. The number of ether oxygens (including phenoxy) is 1. The number of nitrogens with zero attached hydrogens (tertiary/aromatic N) is 2. The van der Waals surface area contributed by atoms with Gasteiger partial charge in [-0.1, -0.05) is 0 Å². The van der Waals surface area contributed by atoms with Crippen molar-refractivity contribution in [1.82, 2.24) is 9.97 Å². The van der Waals surface area contributed by atoms with Crippen molar-refractivity contribution in [2.24, 2.45) is 0 Å². The molecule has 1 aliphatic heterocycles. The number of methoxy groups -OCH3 is 1. The summed E-state index contributed by atoms with van der Waals surface area (Å²) in [5.74, 6) is 0.144. The molecular weight excluding hydrogens is 345 g/mol. The van der Waals surface area contributed by atoms with Crippen molar-refractivity contribution >= 4 is 5.69 Å². The normalized spacial score (nSPS) is 16.1. The summed E-state index contributed by atoms with van der Waals surface area (Å²) in [6.07, 6.45) is 5.76. The minimum atomic E-state index is -0.338. The van der Waals surface area contributed by atoms with E-state index >= 15 is 4.39 Å². The monoisotopic (exact) mass is 365 g/mol. The molecule has 1 aromatic carbocycles. The van der Waals surface area contributed by atoms with Gasteiger partial charge in [0.2, 0.25) is 5.56 Å². The smallest absolute Gasteiger partial charge is 0.248 e. The quantitative estimate of drug-likeness (QED) is 0.769. The third-order valence-electron chi connectivity index (χ3n) is 5.15. The zero-order chi connectivity index (χ0) is 19.0. The summed E-state index contributed by atoms with van der Waals surface area (Å²) in [7, 11) is 1.54. The van der Waals surface area contributed by atoms with Gasteiger partial charge < -0.3 is 14.6 Å². The van der Waals surface area contributed by atoms with Crippen molar-refractivity contribution in [2.45, 2.75) is 19.4 Å². The molecule has 0 saturated heterocycles. The largest absolute Gasteiger partial charge is 0.496 e. The zero-order valence-electron chi connectivity index (χ0n) is 15.2. The van der Waals surface area contributed by atoms with E-state index in [0.29, 0.717) is 17.9 Å². The fourth-order valence-corrected chi connectivity index (χ4v) is 3.78. The second-order valence-corrected chi connectivity index (χ2v) is 6.64. The Morgan fingerprint density at radius 3 is 2.78 bits per heavy atom. The second-order valence-electron chi connectivity index (χ2n) is 6.64. The van der Waals surface area contributed by atoms with Crippen molar-refractivity contribution in [2.75, 3.05) is 18.6 Å². The van der Waals surface area contributed by atoms with Crippen LogP contribution in [-0.2, 0) is 6.42 Å². The number of H-pyrrole nitrogens is 1. The third kappa shape index (κ3) is 3.07. The van der Waals surface area contributed by atoms with Crippen LogP contribution < -0.4 is 15.2 Å². The Morgan fingerprint density at radius 1 is 1.26 bits per heavy atom. The minimum Gasteiger partial charge on any atom is -0.496 e. The van der Waals surface area contributed by atoms with E-state index in [2.05, 4.69) is 21.8 Å². The summed E-state index contributed by atoms with van der Waals surface area (Å²) >= 11 is 0. The highest BCUT2D eigenvalue weighted by Crippen LogP contribution is 2.39. The Kier molecular flexibility index (Phi) is 4.39. The average molecular weight is 365 g/mol. The van der Waals surface area contributed by atoms with E-state index in [1.54, 1.807) is 50.0 Å². The minimum absolute atomic E-state index is 0.0153. The van der Waals surface area contributed by atoms with Crippen molar-refractivity contribution in [3.05, 3.63) is 76.2 Å². The van der Waals surface area contributed by atoms with Gasteiger partial charge in [-0.3, -0.25) is 9.78 Å². The number of anilines is 1. The molecule has 1 aliphatic rings. The molecule has 3 heterocycles. The Morgan fingerprint density at radius 2 is 2.04 bits per heavy atom. The standard InChI is InChI=1S/C21H20FN3O2/c1-13-17-12-24-20(26)9-15(17)5-8-25(13)16-10-18(22)21(19(11-16)27-2)14-3-6-23-7-4-14/h3-4,6-7,9-13H,5,8H2,1-2H3,(H,24,26). The summed E-state index contributed by atoms with van der Waals surface area (Å²) in [4.78, 5) is 20.4. The molecule has 1 N–H and O–H groups in total. The van der Waals surface area contributed by atoms with Gasteiger partial charge in [-0.15, -0.1) is 0 Å². The molecule has 0 saturated carbocycles. The van der Waals surface area contributed by atoms with Gasteiger partial charge in [0.15, 0.2) is 0 Å². The number of rotatable bonds is 3. The molecule has 1 unspecified atom stereocenters. The average Bonchev–Trinajstić information content (AvgIpc) is 2.68. The highest BCUT2D eigenvalue weighted by Gasteiger charge is 2.26. The summed E-state index contributed by atoms with van der Waals surface area (Å²) in [6.45, 7) is 2.76. The summed E-state index contributed by atoms with van der Waals surface area (Å²) in [6, 6.07) is 8.60. The fourth-order valence-electron chi connectivity index (χ4n) is 3.78. The second kappa shape index (κ2) is 6.87. The molecule has 27 heavy (non-hydrogen) atoms. The van der Waals surface area contributed by atoms with Crippen LogP contribution in [-0.4, -0.2) is 23.6 Å².